The number of nitrogens with one attached hydrogen (secondary N) is 1. The molecule has 1 amide bonds. The predicted molar refractivity (Wildman–Crippen MR) is 90.9 cm³/mol. The lowest BCUT2D eigenvalue weighted by Crippen LogP contribution is -2.38. The minimum Gasteiger partial charge on any atom is -0.508 e. The fourth-order valence-corrected chi connectivity index (χ4v) is 2.96. The van der Waals surface area contributed by atoms with Crippen LogP contribution in [0.5, 0.6) is 11.5 Å². The number of hydrogen-bond donors (Lipinski definition) is 3. The zero-order valence-electron chi connectivity index (χ0n) is 13.8. The molecular formula is C18H21N3O4. The first-order valence-corrected chi connectivity index (χ1v) is 8.23. The fraction of sp³-hybridized carbons (Fsp3) is 0.333. The van der Waals surface area contributed by atoms with Gasteiger partial charge in [-0.15, -0.1) is 5.06 Å². The van der Waals surface area contributed by atoms with Gasteiger partial charge >= 0.3 is 6.09 Å². The molecule has 1 fully saturated rings. The normalized spacial score (nSPS) is 15.7. The number of benzene rings is 1. The third kappa shape index (κ3) is 4.60. The second kappa shape index (κ2) is 7.85. The number of carbonyl (C=O) groups is 1. The molecule has 7 heteroatoms. The van der Waals surface area contributed by atoms with Gasteiger partial charge in [-0.3, -0.25) is 4.98 Å². The van der Waals surface area contributed by atoms with E-state index in [0.717, 1.165) is 24.0 Å². The number of carbonyl (C=O) groups excluding carboxylic acids is 1. The van der Waals surface area contributed by atoms with E-state index in [-0.39, 0.29) is 17.4 Å². The van der Waals surface area contributed by atoms with Crippen molar-refractivity contribution in [2.45, 2.75) is 25.3 Å². The van der Waals surface area contributed by atoms with Crippen LogP contribution in [0.25, 0.3) is 0 Å². The molecule has 0 atom stereocenters. The molecule has 0 radical (unpaired) electrons. The van der Waals surface area contributed by atoms with Crippen molar-refractivity contribution in [2.75, 3.05) is 13.1 Å². The largest absolute Gasteiger partial charge is 0.508 e. The van der Waals surface area contributed by atoms with Gasteiger partial charge in [-0.2, -0.15) is 0 Å². The maximum Gasteiger partial charge on any atom is 0.426 e. The Morgan fingerprint density at radius 2 is 2.08 bits per heavy atom. The van der Waals surface area contributed by atoms with E-state index in [9.17, 15) is 15.0 Å². The number of hydrogen-bond acceptors (Lipinski definition) is 6. The number of phenols is 2. The summed E-state index contributed by atoms with van der Waals surface area (Å²) in [5.74, 6) is 0.333. The number of pyridine rings is 1. The van der Waals surface area contributed by atoms with Gasteiger partial charge < -0.3 is 20.4 Å². The molecule has 2 aromatic rings. The van der Waals surface area contributed by atoms with E-state index in [1.165, 1.54) is 6.07 Å². The third-order valence-electron chi connectivity index (χ3n) is 4.28. The van der Waals surface area contributed by atoms with E-state index >= 15 is 0 Å². The molecule has 1 aliphatic rings. The summed E-state index contributed by atoms with van der Waals surface area (Å²) in [6.45, 7) is 1.54. The van der Waals surface area contributed by atoms with Crippen molar-refractivity contribution in [3.05, 3.63) is 53.9 Å². The molecule has 1 aromatic heterocycles. The zero-order valence-corrected chi connectivity index (χ0v) is 13.8. The van der Waals surface area contributed by atoms with Gasteiger partial charge in [0.15, 0.2) is 0 Å². The van der Waals surface area contributed by atoms with Crippen LogP contribution in [-0.4, -0.2) is 39.4 Å². The summed E-state index contributed by atoms with van der Waals surface area (Å²) < 4.78 is 0. The second-order valence-corrected chi connectivity index (χ2v) is 6.04. The number of piperidine rings is 1. The molecule has 1 aliphatic heterocycles. The molecular weight excluding hydrogens is 322 g/mol. The van der Waals surface area contributed by atoms with Gasteiger partial charge in [0.1, 0.15) is 11.5 Å². The van der Waals surface area contributed by atoms with Crippen molar-refractivity contribution in [2.24, 2.45) is 0 Å². The number of rotatable bonds is 4. The van der Waals surface area contributed by atoms with Gasteiger partial charge in [0, 0.05) is 38.1 Å². The molecule has 0 bridgehead atoms. The van der Waals surface area contributed by atoms with Gasteiger partial charge in [0.2, 0.25) is 0 Å². The molecule has 1 saturated heterocycles. The van der Waals surface area contributed by atoms with Crippen molar-refractivity contribution in [1.29, 1.82) is 0 Å². The number of amides is 1. The van der Waals surface area contributed by atoms with Gasteiger partial charge in [0.25, 0.3) is 0 Å². The fourth-order valence-electron chi connectivity index (χ4n) is 2.96. The van der Waals surface area contributed by atoms with Gasteiger partial charge in [-0.05, 0) is 42.0 Å². The highest BCUT2D eigenvalue weighted by atomic mass is 16.7. The van der Waals surface area contributed by atoms with Crippen LogP contribution in [0, 0.1) is 0 Å². The Morgan fingerprint density at radius 1 is 1.28 bits per heavy atom. The third-order valence-corrected chi connectivity index (χ3v) is 4.28. The summed E-state index contributed by atoms with van der Waals surface area (Å²) in [5, 5.41) is 23.7. The van der Waals surface area contributed by atoms with Crippen LogP contribution < -0.4 is 5.32 Å². The lowest BCUT2D eigenvalue weighted by molar-refractivity contribution is -0.113. The average molecular weight is 343 g/mol. The molecule has 2 heterocycles. The molecule has 0 spiro atoms. The summed E-state index contributed by atoms with van der Waals surface area (Å²) in [4.78, 5) is 21.2. The van der Waals surface area contributed by atoms with E-state index in [4.69, 9.17) is 4.84 Å². The van der Waals surface area contributed by atoms with Crippen LogP contribution >= 0.6 is 0 Å². The summed E-state index contributed by atoms with van der Waals surface area (Å²) in [6.07, 6.45) is 4.39. The van der Waals surface area contributed by atoms with Gasteiger partial charge in [-0.25, -0.2) is 4.79 Å². The lowest BCUT2D eigenvalue weighted by Gasteiger charge is -2.30. The maximum absolute atomic E-state index is 11.9. The standard InChI is InChI=1S/C18H21N3O4/c22-15-3-4-16(17(23)10-15)14-5-8-21(9-6-14)25-18(24)20-12-13-2-1-7-19-11-13/h1-4,7,10-11,14,22-23H,5-6,8-9,12H2,(H,20,24). The topological polar surface area (TPSA) is 94.9 Å². The number of nitrogens with zero attached hydrogens (tertiary/aromatic N) is 2. The summed E-state index contributed by atoms with van der Waals surface area (Å²) in [5.41, 5.74) is 1.72. The molecule has 0 saturated carbocycles. The molecule has 3 rings (SSSR count). The molecule has 3 N–H and O–H groups in total. The molecule has 0 aliphatic carbocycles. The van der Waals surface area contributed by atoms with Crippen molar-refractivity contribution in [3.63, 3.8) is 0 Å². The molecule has 1 aromatic carbocycles. The highest BCUT2D eigenvalue weighted by Gasteiger charge is 2.25. The van der Waals surface area contributed by atoms with Crippen molar-refractivity contribution in [1.82, 2.24) is 15.4 Å². The van der Waals surface area contributed by atoms with Crippen LogP contribution in [-0.2, 0) is 11.4 Å². The van der Waals surface area contributed by atoms with E-state index < -0.39 is 6.09 Å². The SMILES string of the molecule is O=C(NCc1cccnc1)ON1CCC(c2ccc(O)cc2O)CC1. The summed E-state index contributed by atoms with van der Waals surface area (Å²) in [7, 11) is 0. The number of aromatic nitrogens is 1. The Balaban J connectivity index is 1.45. The van der Waals surface area contributed by atoms with Gasteiger partial charge in [0.05, 0.1) is 0 Å². The minimum atomic E-state index is -0.491. The van der Waals surface area contributed by atoms with Crippen LogP contribution in [0.3, 0.4) is 0 Å². The Bertz CT molecular complexity index is 716. The van der Waals surface area contributed by atoms with Crippen LogP contribution in [0.2, 0.25) is 0 Å². The molecule has 132 valence electrons. The van der Waals surface area contributed by atoms with Crippen molar-refractivity contribution in [3.8, 4) is 11.5 Å². The molecule has 0 unspecified atom stereocenters. The Morgan fingerprint density at radius 3 is 2.76 bits per heavy atom. The van der Waals surface area contributed by atoms with Crippen LogP contribution in [0.1, 0.15) is 29.9 Å². The maximum atomic E-state index is 11.9. The van der Waals surface area contributed by atoms with E-state index in [1.54, 1.807) is 29.6 Å². The number of aromatic hydroxyl groups is 2. The highest BCUT2D eigenvalue weighted by Crippen LogP contribution is 2.35. The second-order valence-electron chi connectivity index (χ2n) is 6.04. The van der Waals surface area contributed by atoms with Crippen molar-refractivity contribution < 1.29 is 19.8 Å². The number of phenolic OH excluding ortho intramolecular Hbond substituents is 2. The summed E-state index contributed by atoms with van der Waals surface area (Å²) >= 11 is 0. The highest BCUT2D eigenvalue weighted by molar-refractivity contribution is 5.66. The average Bonchev–Trinajstić information content (AvgIpc) is 2.62. The van der Waals surface area contributed by atoms with Crippen LogP contribution in [0.4, 0.5) is 4.79 Å². The molecule has 25 heavy (non-hydrogen) atoms. The zero-order chi connectivity index (χ0) is 17.6. The number of hydroxylamine groups is 2. The van der Waals surface area contributed by atoms with E-state index in [2.05, 4.69) is 10.3 Å². The smallest absolute Gasteiger partial charge is 0.426 e. The first kappa shape index (κ1) is 17.0. The quantitative estimate of drug-likeness (QED) is 0.790. The van der Waals surface area contributed by atoms with Crippen molar-refractivity contribution >= 4 is 6.09 Å². The Hall–Kier alpha value is -2.80. The molecule has 7 nitrogen and oxygen atoms in total. The first-order chi connectivity index (χ1) is 12.1. The Kier molecular flexibility index (Phi) is 5.35. The monoisotopic (exact) mass is 343 g/mol. The lowest BCUT2D eigenvalue weighted by atomic mass is 9.89. The summed E-state index contributed by atoms with van der Waals surface area (Å²) in [6, 6.07) is 8.36. The van der Waals surface area contributed by atoms with Crippen LogP contribution in [0.15, 0.2) is 42.7 Å². The minimum absolute atomic E-state index is 0.0484. The van der Waals surface area contributed by atoms with E-state index in [0.29, 0.717) is 19.6 Å². The predicted octanol–water partition coefficient (Wildman–Crippen LogP) is 2.51. The van der Waals surface area contributed by atoms with Gasteiger partial charge in [-0.1, -0.05) is 12.1 Å². The van der Waals surface area contributed by atoms with E-state index in [1.807, 2.05) is 12.1 Å². The Labute approximate surface area is 145 Å². The first-order valence-electron chi connectivity index (χ1n) is 8.23.